The summed E-state index contributed by atoms with van der Waals surface area (Å²) in [6, 6.07) is 9.81. The number of carbonyl (C=O) groups excluding carboxylic acids is 1. The minimum Gasteiger partial charge on any atom is -0.461 e. The lowest BCUT2D eigenvalue weighted by molar-refractivity contribution is -0.152. The SMILES string of the molecule is Cl.N[C@H]1[C@@H]2CC[C@@H](C2)[C@H]1C(=O)OCc1ccccc1. The number of fused-ring (bicyclic) bond motifs is 2. The van der Waals surface area contributed by atoms with Gasteiger partial charge in [0.1, 0.15) is 6.61 Å². The third-order valence-electron chi connectivity index (χ3n) is 4.48. The summed E-state index contributed by atoms with van der Waals surface area (Å²) < 4.78 is 5.42. The normalized spacial score (nSPS) is 31.8. The first kappa shape index (κ1) is 14.4. The molecule has 2 fully saturated rings. The van der Waals surface area contributed by atoms with Crippen LogP contribution >= 0.6 is 12.4 Å². The lowest BCUT2D eigenvalue weighted by Crippen LogP contribution is -2.40. The zero-order valence-electron chi connectivity index (χ0n) is 10.8. The van der Waals surface area contributed by atoms with Gasteiger partial charge in [-0.3, -0.25) is 4.79 Å². The number of hydrogen-bond acceptors (Lipinski definition) is 3. The maximum Gasteiger partial charge on any atom is 0.311 e. The highest BCUT2D eigenvalue weighted by atomic mass is 35.5. The zero-order chi connectivity index (χ0) is 12.5. The molecule has 3 nitrogen and oxygen atoms in total. The largest absolute Gasteiger partial charge is 0.461 e. The Labute approximate surface area is 119 Å². The van der Waals surface area contributed by atoms with Gasteiger partial charge in [0, 0.05) is 6.04 Å². The number of carbonyl (C=O) groups is 1. The molecule has 0 radical (unpaired) electrons. The Morgan fingerprint density at radius 2 is 1.89 bits per heavy atom. The summed E-state index contributed by atoms with van der Waals surface area (Å²) in [5.41, 5.74) is 7.16. The van der Waals surface area contributed by atoms with E-state index in [2.05, 4.69) is 0 Å². The highest BCUT2D eigenvalue weighted by molar-refractivity contribution is 5.85. The summed E-state index contributed by atoms with van der Waals surface area (Å²) in [7, 11) is 0. The molecule has 0 aliphatic heterocycles. The molecule has 1 aromatic rings. The Bertz CT molecular complexity index is 435. The third kappa shape index (κ3) is 2.77. The maximum atomic E-state index is 12.1. The summed E-state index contributed by atoms with van der Waals surface area (Å²) in [5.74, 6) is 0.851. The summed E-state index contributed by atoms with van der Waals surface area (Å²) in [6.45, 7) is 0.361. The number of ether oxygens (including phenoxy) is 1. The highest BCUT2D eigenvalue weighted by Gasteiger charge is 2.49. The smallest absolute Gasteiger partial charge is 0.311 e. The molecule has 1 aromatic carbocycles. The lowest BCUT2D eigenvalue weighted by atomic mass is 9.85. The standard InChI is InChI=1S/C15H19NO2.ClH/c16-14-12-7-6-11(8-12)13(14)15(17)18-9-10-4-2-1-3-5-10;/h1-5,11-14H,6-9,16H2;1H/t11-,12+,13+,14-;/m0./s1. The molecule has 2 N–H and O–H groups in total. The molecule has 0 spiro atoms. The monoisotopic (exact) mass is 281 g/mol. The molecule has 0 saturated heterocycles. The van der Waals surface area contributed by atoms with Gasteiger partial charge in [0.2, 0.25) is 0 Å². The first-order chi connectivity index (χ1) is 8.75. The van der Waals surface area contributed by atoms with Gasteiger partial charge in [-0.25, -0.2) is 0 Å². The van der Waals surface area contributed by atoms with Gasteiger partial charge in [0.05, 0.1) is 5.92 Å². The van der Waals surface area contributed by atoms with E-state index in [1.807, 2.05) is 30.3 Å². The second kappa shape index (κ2) is 5.93. The summed E-state index contributed by atoms with van der Waals surface area (Å²) in [5, 5.41) is 0. The molecular formula is C15H20ClNO2. The topological polar surface area (TPSA) is 52.3 Å². The number of esters is 1. The van der Waals surface area contributed by atoms with Gasteiger partial charge in [-0.05, 0) is 36.7 Å². The number of nitrogens with two attached hydrogens (primary N) is 1. The minimum absolute atomic E-state index is 0. The molecule has 0 unspecified atom stereocenters. The van der Waals surface area contributed by atoms with Crippen LogP contribution in [0.1, 0.15) is 24.8 Å². The van der Waals surface area contributed by atoms with Crippen LogP contribution in [-0.4, -0.2) is 12.0 Å². The summed E-state index contributed by atoms with van der Waals surface area (Å²) in [4.78, 5) is 12.1. The van der Waals surface area contributed by atoms with Crippen LogP contribution in [0.25, 0.3) is 0 Å². The van der Waals surface area contributed by atoms with Crippen molar-refractivity contribution in [2.75, 3.05) is 0 Å². The van der Waals surface area contributed by atoms with Crippen LogP contribution in [-0.2, 0) is 16.1 Å². The predicted octanol–water partition coefficient (Wildman–Crippen LogP) is 2.53. The van der Waals surface area contributed by atoms with Crippen LogP contribution in [0.2, 0.25) is 0 Å². The van der Waals surface area contributed by atoms with Crippen molar-refractivity contribution in [2.45, 2.75) is 31.9 Å². The van der Waals surface area contributed by atoms with E-state index in [9.17, 15) is 4.79 Å². The Hall–Kier alpha value is -1.06. The number of hydrogen-bond donors (Lipinski definition) is 1. The zero-order valence-corrected chi connectivity index (χ0v) is 11.6. The Morgan fingerprint density at radius 1 is 1.21 bits per heavy atom. The van der Waals surface area contributed by atoms with E-state index in [0.29, 0.717) is 18.4 Å². The molecule has 2 aliphatic carbocycles. The van der Waals surface area contributed by atoms with Gasteiger partial charge in [-0.15, -0.1) is 12.4 Å². The molecule has 19 heavy (non-hydrogen) atoms. The van der Waals surface area contributed by atoms with Crippen molar-refractivity contribution in [3.8, 4) is 0 Å². The van der Waals surface area contributed by atoms with Crippen LogP contribution < -0.4 is 5.73 Å². The summed E-state index contributed by atoms with van der Waals surface area (Å²) >= 11 is 0. The molecule has 2 saturated carbocycles. The highest BCUT2D eigenvalue weighted by Crippen LogP contribution is 2.48. The Balaban J connectivity index is 0.00000133. The van der Waals surface area contributed by atoms with Crippen molar-refractivity contribution in [3.63, 3.8) is 0 Å². The second-order valence-corrected chi connectivity index (χ2v) is 5.53. The molecule has 2 bridgehead atoms. The summed E-state index contributed by atoms with van der Waals surface area (Å²) in [6.07, 6.45) is 3.45. The number of halogens is 1. The van der Waals surface area contributed by atoms with E-state index in [4.69, 9.17) is 10.5 Å². The van der Waals surface area contributed by atoms with E-state index in [0.717, 1.165) is 18.4 Å². The maximum absolute atomic E-state index is 12.1. The van der Waals surface area contributed by atoms with E-state index < -0.39 is 0 Å². The molecular weight excluding hydrogens is 262 g/mol. The quantitative estimate of drug-likeness (QED) is 0.866. The van der Waals surface area contributed by atoms with Crippen LogP contribution in [0.15, 0.2) is 30.3 Å². The van der Waals surface area contributed by atoms with Gasteiger partial charge < -0.3 is 10.5 Å². The predicted molar refractivity (Wildman–Crippen MR) is 75.8 cm³/mol. The van der Waals surface area contributed by atoms with Crippen molar-refractivity contribution >= 4 is 18.4 Å². The second-order valence-electron chi connectivity index (χ2n) is 5.53. The van der Waals surface area contributed by atoms with E-state index in [1.165, 1.54) is 6.42 Å². The van der Waals surface area contributed by atoms with Crippen molar-refractivity contribution in [3.05, 3.63) is 35.9 Å². The molecule has 4 atom stereocenters. The van der Waals surface area contributed by atoms with Gasteiger partial charge in [0.25, 0.3) is 0 Å². The van der Waals surface area contributed by atoms with Gasteiger partial charge in [-0.2, -0.15) is 0 Å². The number of rotatable bonds is 3. The van der Waals surface area contributed by atoms with Crippen LogP contribution in [0.5, 0.6) is 0 Å². The first-order valence-electron chi connectivity index (χ1n) is 6.72. The van der Waals surface area contributed by atoms with Crippen molar-refractivity contribution in [2.24, 2.45) is 23.5 Å². The average Bonchev–Trinajstić information content (AvgIpc) is 2.98. The van der Waals surface area contributed by atoms with Gasteiger partial charge in [-0.1, -0.05) is 30.3 Å². The molecule has 0 amide bonds. The number of benzene rings is 1. The lowest BCUT2D eigenvalue weighted by Gasteiger charge is -2.26. The fourth-order valence-corrected chi connectivity index (χ4v) is 3.51. The molecule has 0 heterocycles. The van der Waals surface area contributed by atoms with Gasteiger partial charge in [0.15, 0.2) is 0 Å². The fraction of sp³-hybridized carbons (Fsp3) is 0.533. The van der Waals surface area contributed by atoms with Crippen LogP contribution in [0.3, 0.4) is 0 Å². The molecule has 0 aromatic heterocycles. The van der Waals surface area contributed by atoms with Crippen LogP contribution in [0.4, 0.5) is 0 Å². The first-order valence-corrected chi connectivity index (χ1v) is 6.72. The van der Waals surface area contributed by atoms with Gasteiger partial charge >= 0.3 is 5.97 Å². The van der Waals surface area contributed by atoms with Crippen LogP contribution in [0, 0.1) is 17.8 Å². The Kier molecular flexibility index (Phi) is 4.48. The van der Waals surface area contributed by atoms with Crippen molar-refractivity contribution < 1.29 is 9.53 Å². The Morgan fingerprint density at radius 3 is 2.53 bits per heavy atom. The van der Waals surface area contributed by atoms with Crippen molar-refractivity contribution in [1.29, 1.82) is 0 Å². The van der Waals surface area contributed by atoms with E-state index in [-0.39, 0.29) is 30.3 Å². The third-order valence-corrected chi connectivity index (χ3v) is 4.48. The molecule has 3 rings (SSSR count). The van der Waals surface area contributed by atoms with E-state index in [1.54, 1.807) is 0 Å². The van der Waals surface area contributed by atoms with E-state index >= 15 is 0 Å². The fourth-order valence-electron chi connectivity index (χ4n) is 3.51. The van der Waals surface area contributed by atoms with Crippen molar-refractivity contribution in [1.82, 2.24) is 0 Å². The molecule has 4 heteroatoms. The molecule has 104 valence electrons. The minimum atomic E-state index is -0.0986. The molecule has 2 aliphatic rings. The average molecular weight is 282 g/mol.